The van der Waals surface area contributed by atoms with E-state index in [-0.39, 0.29) is 16.4 Å². The minimum Gasteiger partial charge on any atom is -0.299 e. The van der Waals surface area contributed by atoms with Gasteiger partial charge in [-0.05, 0) is 33.6 Å². The Morgan fingerprint density at radius 1 is 1.40 bits per heavy atom. The van der Waals surface area contributed by atoms with Gasteiger partial charge in [0.05, 0.1) is 9.80 Å². The first-order valence-corrected chi connectivity index (χ1v) is 6.41. The molecule has 1 aromatic rings. The molecule has 0 saturated carbocycles. The lowest BCUT2D eigenvalue weighted by molar-refractivity contribution is 0.166. The molecule has 6 heteroatoms. The molecule has 0 amide bonds. The molecule has 0 atom stereocenters. The van der Waals surface area contributed by atoms with Gasteiger partial charge < -0.3 is 0 Å². The van der Waals surface area contributed by atoms with Crippen LogP contribution in [0.25, 0.3) is 6.08 Å². The molecule has 1 aliphatic heterocycles. The minimum absolute atomic E-state index is 0.108. The van der Waals surface area contributed by atoms with Crippen molar-refractivity contribution in [3.63, 3.8) is 0 Å². The van der Waals surface area contributed by atoms with Gasteiger partial charge in [-0.25, -0.2) is 14.3 Å². The molecule has 80 valence electrons. The molecule has 0 fully saturated rings. The predicted molar refractivity (Wildman–Crippen MR) is 59.4 cm³/mol. The monoisotopic (exact) mass is 289 g/mol. The maximum Gasteiger partial charge on any atom is 0.206 e. The molecule has 1 aliphatic rings. The smallest absolute Gasteiger partial charge is 0.206 e. The van der Waals surface area contributed by atoms with E-state index >= 15 is 0 Å². The lowest BCUT2D eigenvalue weighted by Crippen LogP contribution is -2.10. The Kier molecular flexibility index (Phi) is 2.68. The molecule has 1 aromatic carbocycles. The first-order valence-electron chi connectivity index (χ1n) is 4.13. The van der Waals surface area contributed by atoms with Gasteiger partial charge in [0.2, 0.25) is 9.84 Å². The first-order chi connectivity index (χ1) is 7.07. The number of benzene rings is 1. The third kappa shape index (κ3) is 1.63. The third-order valence-electron chi connectivity index (χ3n) is 2.15. The summed E-state index contributed by atoms with van der Waals surface area (Å²) in [5, 5.41) is 0. The zero-order valence-electron chi connectivity index (χ0n) is 7.60. The molecule has 0 unspecified atom stereocenters. The summed E-state index contributed by atoms with van der Waals surface area (Å²) >= 11 is 3.22. The highest BCUT2D eigenvalue weighted by Crippen LogP contribution is 2.37. The van der Waals surface area contributed by atoms with Crippen LogP contribution in [0.2, 0.25) is 0 Å². The van der Waals surface area contributed by atoms with Crippen molar-refractivity contribution in [3.8, 4) is 0 Å². The summed E-state index contributed by atoms with van der Waals surface area (Å²) in [5.41, 5.74) is 0.663. The largest absolute Gasteiger partial charge is 0.299 e. The van der Waals surface area contributed by atoms with Gasteiger partial charge in [0.15, 0.2) is 0 Å². The molecule has 2 N–H and O–H groups in total. The average molecular weight is 290 g/mol. The van der Waals surface area contributed by atoms with Crippen molar-refractivity contribution >= 4 is 31.8 Å². The Hall–Kier alpha value is -0.690. The van der Waals surface area contributed by atoms with E-state index in [4.69, 9.17) is 5.90 Å². The van der Waals surface area contributed by atoms with Crippen LogP contribution in [0.15, 0.2) is 32.5 Å². The number of fused-ring (bicyclic) bond motifs is 1. The summed E-state index contributed by atoms with van der Waals surface area (Å²) in [5.74, 6) is 4.89. The normalized spacial score (nSPS) is 17.3. The number of rotatable bonds is 2. The van der Waals surface area contributed by atoms with E-state index in [0.717, 1.165) is 0 Å². The Bertz CT molecular complexity index is 536. The van der Waals surface area contributed by atoms with Gasteiger partial charge in [0.25, 0.3) is 0 Å². The van der Waals surface area contributed by atoms with Crippen LogP contribution in [-0.2, 0) is 14.7 Å². The van der Waals surface area contributed by atoms with Gasteiger partial charge in [0, 0.05) is 4.47 Å². The van der Waals surface area contributed by atoms with Gasteiger partial charge in [-0.15, -0.1) is 0 Å². The highest BCUT2D eigenvalue weighted by Gasteiger charge is 2.31. The van der Waals surface area contributed by atoms with Crippen LogP contribution in [0.5, 0.6) is 0 Å². The second-order valence-electron chi connectivity index (χ2n) is 3.08. The van der Waals surface area contributed by atoms with Crippen LogP contribution in [-0.4, -0.2) is 15.0 Å². The summed E-state index contributed by atoms with van der Waals surface area (Å²) in [6.07, 6.45) is 1.57. The summed E-state index contributed by atoms with van der Waals surface area (Å²) < 4.78 is 24.5. The second-order valence-corrected chi connectivity index (χ2v) is 5.88. The molecule has 0 spiro atoms. The Morgan fingerprint density at radius 3 is 2.73 bits per heavy atom. The maximum absolute atomic E-state index is 12.0. The quantitative estimate of drug-likeness (QED) is 0.837. The number of hydrogen-bond acceptors (Lipinski definition) is 4. The SMILES string of the molecule is NOCC1=Cc2cccc(Br)c2S1(=O)=O. The fraction of sp³-hybridized carbons (Fsp3) is 0.111. The molecular weight excluding hydrogens is 282 g/mol. The Morgan fingerprint density at radius 2 is 2.13 bits per heavy atom. The molecule has 0 radical (unpaired) electrons. The van der Waals surface area contributed by atoms with E-state index in [2.05, 4.69) is 20.8 Å². The number of halogens is 1. The van der Waals surface area contributed by atoms with Gasteiger partial charge in [0.1, 0.15) is 6.61 Å². The van der Waals surface area contributed by atoms with Crippen molar-refractivity contribution in [1.82, 2.24) is 0 Å². The fourth-order valence-electron chi connectivity index (χ4n) is 1.51. The predicted octanol–water partition coefficient (Wildman–Crippen LogP) is 1.47. The topological polar surface area (TPSA) is 69.4 Å². The van der Waals surface area contributed by atoms with Gasteiger partial charge in [-0.1, -0.05) is 12.1 Å². The van der Waals surface area contributed by atoms with E-state index in [0.29, 0.717) is 10.0 Å². The second kappa shape index (κ2) is 3.71. The van der Waals surface area contributed by atoms with Crippen molar-refractivity contribution in [2.45, 2.75) is 4.90 Å². The van der Waals surface area contributed by atoms with E-state index in [1.54, 1.807) is 24.3 Å². The molecule has 1 heterocycles. The van der Waals surface area contributed by atoms with Crippen molar-refractivity contribution in [3.05, 3.63) is 33.1 Å². The third-order valence-corrected chi connectivity index (χ3v) is 5.00. The molecule has 0 bridgehead atoms. The molecule has 0 saturated heterocycles. The highest BCUT2D eigenvalue weighted by atomic mass is 79.9. The van der Waals surface area contributed by atoms with Crippen LogP contribution in [0.4, 0.5) is 0 Å². The summed E-state index contributed by atoms with van der Waals surface area (Å²) in [7, 11) is -3.43. The van der Waals surface area contributed by atoms with Crippen molar-refractivity contribution in [1.29, 1.82) is 0 Å². The molecule has 2 rings (SSSR count). The van der Waals surface area contributed by atoms with Crippen LogP contribution >= 0.6 is 15.9 Å². The van der Waals surface area contributed by atoms with Gasteiger partial charge in [-0.2, -0.15) is 0 Å². The highest BCUT2D eigenvalue weighted by molar-refractivity contribution is 9.10. The number of nitrogens with two attached hydrogens (primary N) is 1. The number of hydrogen-bond donors (Lipinski definition) is 1. The zero-order valence-corrected chi connectivity index (χ0v) is 10.0. The average Bonchev–Trinajstić information content (AvgIpc) is 2.40. The van der Waals surface area contributed by atoms with Gasteiger partial charge >= 0.3 is 0 Å². The lowest BCUT2D eigenvalue weighted by atomic mass is 10.2. The van der Waals surface area contributed by atoms with E-state index in [9.17, 15) is 8.42 Å². The fourth-order valence-corrected chi connectivity index (χ4v) is 4.06. The van der Waals surface area contributed by atoms with Gasteiger partial charge in [-0.3, -0.25) is 4.84 Å². The first kappa shape index (κ1) is 10.8. The Balaban J connectivity index is 2.64. The van der Waals surface area contributed by atoms with E-state index < -0.39 is 9.84 Å². The summed E-state index contributed by atoms with van der Waals surface area (Å²) in [6, 6.07) is 5.21. The zero-order chi connectivity index (χ0) is 11.1. The standard InChI is InChI=1S/C9H8BrNO3S/c10-8-3-1-2-6-4-7(5-14-11)15(12,13)9(6)8/h1-4H,5,11H2. The van der Waals surface area contributed by atoms with E-state index in [1.165, 1.54) is 0 Å². The van der Waals surface area contributed by atoms with Crippen molar-refractivity contribution in [2.24, 2.45) is 5.90 Å². The van der Waals surface area contributed by atoms with Crippen LogP contribution in [0, 0.1) is 0 Å². The summed E-state index contributed by atoms with van der Waals surface area (Å²) in [6.45, 7) is -0.108. The molecular formula is C9H8BrNO3S. The Labute approximate surface area is 95.7 Å². The van der Waals surface area contributed by atoms with Crippen LogP contribution in [0.1, 0.15) is 5.56 Å². The van der Waals surface area contributed by atoms with Crippen LogP contribution < -0.4 is 5.90 Å². The maximum atomic E-state index is 12.0. The molecule has 0 aliphatic carbocycles. The summed E-state index contributed by atoms with van der Waals surface area (Å²) in [4.78, 5) is 4.85. The van der Waals surface area contributed by atoms with E-state index in [1.807, 2.05) is 0 Å². The lowest BCUT2D eigenvalue weighted by Gasteiger charge is -2.03. The molecule has 4 nitrogen and oxygen atoms in total. The van der Waals surface area contributed by atoms with Crippen LogP contribution in [0.3, 0.4) is 0 Å². The molecule has 0 aromatic heterocycles. The minimum atomic E-state index is -3.43. The molecule has 15 heavy (non-hydrogen) atoms. The van der Waals surface area contributed by atoms with Crippen molar-refractivity contribution < 1.29 is 13.3 Å². The number of sulfone groups is 1. The van der Waals surface area contributed by atoms with Crippen molar-refractivity contribution in [2.75, 3.05) is 6.61 Å².